The van der Waals surface area contributed by atoms with Crippen LogP contribution >= 0.6 is 0 Å². The van der Waals surface area contributed by atoms with Gasteiger partial charge in [0.2, 0.25) is 0 Å². The van der Waals surface area contributed by atoms with E-state index in [9.17, 15) is 0 Å². The standard InChI is InChI=1S/C18H31N/c1-5-6-7-8-18(14-19-15(2)3)13-17-11-9-16(4)10-12-17/h9-12,15,18-19H,5-8,13-14H2,1-4H3. The van der Waals surface area contributed by atoms with E-state index in [1.807, 2.05) is 0 Å². The molecule has 0 fully saturated rings. The van der Waals surface area contributed by atoms with Crippen LogP contribution in [-0.4, -0.2) is 12.6 Å². The molecule has 1 unspecified atom stereocenters. The maximum absolute atomic E-state index is 3.60. The molecule has 1 rings (SSSR count). The molecule has 1 atom stereocenters. The van der Waals surface area contributed by atoms with Gasteiger partial charge in [0.25, 0.3) is 0 Å². The highest BCUT2D eigenvalue weighted by molar-refractivity contribution is 5.21. The van der Waals surface area contributed by atoms with Gasteiger partial charge < -0.3 is 5.32 Å². The maximum Gasteiger partial charge on any atom is 0.00104 e. The van der Waals surface area contributed by atoms with Gasteiger partial charge >= 0.3 is 0 Å². The van der Waals surface area contributed by atoms with Crippen molar-refractivity contribution in [3.8, 4) is 0 Å². The topological polar surface area (TPSA) is 12.0 Å². The number of benzene rings is 1. The van der Waals surface area contributed by atoms with Gasteiger partial charge in [-0.1, -0.05) is 69.9 Å². The number of unbranched alkanes of at least 4 members (excludes halogenated alkanes) is 2. The van der Waals surface area contributed by atoms with Crippen LogP contribution in [0.5, 0.6) is 0 Å². The molecule has 0 aliphatic carbocycles. The Hall–Kier alpha value is -0.820. The summed E-state index contributed by atoms with van der Waals surface area (Å²) in [5, 5.41) is 3.60. The lowest BCUT2D eigenvalue weighted by Crippen LogP contribution is -2.30. The Morgan fingerprint density at radius 1 is 1.05 bits per heavy atom. The first-order valence-corrected chi connectivity index (χ1v) is 7.90. The van der Waals surface area contributed by atoms with Gasteiger partial charge in [-0.3, -0.25) is 0 Å². The smallest absolute Gasteiger partial charge is 0.00104 e. The largest absolute Gasteiger partial charge is 0.314 e. The third kappa shape index (κ3) is 7.37. The summed E-state index contributed by atoms with van der Waals surface area (Å²) in [6.45, 7) is 10.0. The molecule has 0 radical (unpaired) electrons. The Labute approximate surface area is 119 Å². The van der Waals surface area contributed by atoms with Crippen LogP contribution in [0, 0.1) is 12.8 Å². The molecule has 1 aromatic carbocycles. The van der Waals surface area contributed by atoms with Gasteiger partial charge in [-0.05, 0) is 37.8 Å². The molecular formula is C18H31N. The van der Waals surface area contributed by atoms with E-state index in [2.05, 4.69) is 57.3 Å². The first kappa shape index (κ1) is 16.2. The van der Waals surface area contributed by atoms with Crippen LogP contribution in [0.15, 0.2) is 24.3 Å². The molecule has 1 heteroatoms. The monoisotopic (exact) mass is 261 g/mol. The van der Waals surface area contributed by atoms with Crippen molar-refractivity contribution in [3.05, 3.63) is 35.4 Å². The van der Waals surface area contributed by atoms with Gasteiger partial charge in [-0.2, -0.15) is 0 Å². The quantitative estimate of drug-likeness (QED) is 0.634. The van der Waals surface area contributed by atoms with Crippen molar-refractivity contribution in [1.82, 2.24) is 5.32 Å². The first-order chi connectivity index (χ1) is 9.11. The van der Waals surface area contributed by atoms with E-state index in [1.165, 1.54) is 43.2 Å². The van der Waals surface area contributed by atoms with Crippen LogP contribution in [0.4, 0.5) is 0 Å². The predicted molar refractivity (Wildman–Crippen MR) is 85.7 cm³/mol. The summed E-state index contributed by atoms with van der Waals surface area (Å²) in [4.78, 5) is 0. The fraction of sp³-hybridized carbons (Fsp3) is 0.667. The second-order valence-corrected chi connectivity index (χ2v) is 6.11. The summed E-state index contributed by atoms with van der Waals surface area (Å²) in [5.74, 6) is 0.775. The molecule has 0 spiro atoms. The number of hydrogen-bond acceptors (Lipinski definition) is 1. The third-order valence-corrected chi connectivity index (χ3v) is 3.68. The molecular weight excluding hydrogens is 230 g/mol. The van der Waals surface area contributed by atoms with Gasteiger partial charge in [0.1, 0.15) is 0 Å². The Kier molecular flexibility index (Phi) is 7.81. The van der Waals surface area contributed by atoms with E-state index in [0.717, 1.165) is 12.5 Å². The lowest BCUT2D eigenvalue weighted by molar-refractivity contribution is 0.406. The fourth-order valence-electron chi connectivity index (χ4n) is 2.42. The Bertz CT molecular complexity index is 326. The Morgan fingerprint density at radius 3 is 2.32 bits per heavy atom. The minimum atomic E-state index is 0.590. The predicted octanol–water partition coefficient (Wildman–Crippen LogP) is 4.73. The Morgan fingerprint density at radius 2 is 1.74 bits per heavy atom. The van der Waals surface area contributed by atoms with E-state index < -0.39 is 0 Å². The summed E-state index contributed by atoms with van der Waals surface area (Å²) in [5.41, 5.74) is 2.84. The van der Waals surface area contributed by atoms with Crippen molar-refractivity contribution >= 4 is 0 Å². The molecule has 19 heavy (non-hydrogen) atoms. The minimum Gasteiger partial charge on any atom is -0.314 e. The second-order valence-electron chi connectivity index (χ2n) is 6.11. The average molecular weight is 261 g/mol. The summed E-state index contributed by atoms with van der Waals surface area (Å²) < 4.78 is 0. The van der Waals surface area contributed by atoms with Gasteiger partial charge in [0, 0.05) is 6.04 Å². The number of hydrogen-bond donors (Lipinski definition) is 1. The molecule has 0 amide bonds. The van der Waals surface area contributed by atoms with Crippen molar-refractivity contribution in [2.45, 2.75) is 65.8 Å². The highest BCUT2D eigenvalue weighted by atomic mass is 14.9. The molecule has 1 aromatic rings. The average Bonchev–Trinajstić information content (AvgIpc) is 2.38. The zero-order valence-corrected chi connectivity index (χ0v) is 13.2. The molecule has 0 aliphatic rings. The summed E-state index contributed by atoms with van der Waals surface area (Å²) >= 11 is 0. The molecule has 0 aromatic heterocycles. The fourth-order valence-corrected chi connectivity index (χ4v) is 2.42. The molecule has 108 valence electrons. The Balaban J connectivity index is 2.48. The highest BCUT2D eigenvalue weighted by Crippen LogP contribution is 2.16. The van der Waals surface area contributed by atoms with Crippen LogP contribution in [0.2, 0.25) is 0 Å². The van der Waals surface area contributed by atoms with Crippen molar-refractivity contribution in [1.29, 1.82) is 0 Å². The lowest BCUT2D eigenvalue weighted by atomic mass is 9.93. The van der Waals surface area contributed by atoms with Crippen LogP contribution in [-0.2, 0) is 6.42 Å². The van der Waals surface area contributed by atoms with Gasteiger partial charge in [0.15, 0.2) is 0 Å². The van der Waals surface area contributed by atoms with E-state index in [0.29, 0.717) is 6.04 Å². The molecule has 1 N–H and O–H groups in total. The zero-order chi connectivity index (χ0) is 14.1. The molecule has 0 bridgehead atoms. The molecule has 0 saturated heterocycles. The summed E-state index contributed by atoms with van der Waals surface area (Å²) in [6, 6.07) is 9.63. The molecule has 0 heterocycles. The van der Waals surface area contributed by atoms with Gasteiger partial charge in [-0.15, -0.1) is 0 Å². The number of aryl methyl sites for hydroxylation is 1. The van der Waals surface area contributed by atoms with Crippen LogP contribution in [0.25, 0.3) is 0 Å². The van der Waals surface area contributed by atoms with Gasteiger partial charge in [0.05, 0.1) is 0 Å². The van der Waals surface area contributed by atoms with Gasteiger partial charge in [-0.25, -0.2) is 0 Å². The van der Waals surface area contributed by atoms with Crippen LogP contribution < -0.4 is 5.32 Å². The number of rotatable bonds is 9. The second kappa shape index (κ2) is 9.14. The lowest BCUT2D eigenvalue weighted by Gasteiger charge is -2.19. The van der Waals surface area contributed by atoms with Crippen LogP contribution in [0.1, 0.15) is 57.6 Å². The third-order valence-electron chi connectivity index (χ3n) is 3.68. The zero-order valence-electron chi connectivity index (χ0n) is 13.2. The number of nitrogens with one attached hydrogen (secondary N) is 1. The van der Waals surface area contributed by atoms with Crippen LogP contribution in [0.3, 0.4) is 0 Å². The molecule has 0 saturated carbocycles. The minimum absolute atomic E-state index is 0.590. The highest BCUT2D eigenvalue weighted by Gasteiger charge is 2.10. The summed E-state index contributed by atoms with van der Waals surface area (Å²) in [7, 11) is 0. The normalized spacial score (nSPS) is 12.9. The summed E-state index contributed by atoms with van der Waals surface area (Å²) in [6.07, 6.45) is 6.61. The van der Waals surface area contributed by atoms with E-state index in [-0.39, 0.29) is 0 Å². The molecule has 1 nitrogen and oxygen atoms in total. The van der Waals surface area contributed by atoms with E-state index in [4.69, 9.17) is 0 Å². The van der Waals surface area contributed by atoms with Crippen molar-refractivity contribution in [2.24, 2.45) is 5.92 Å². The van der Waals surface area contributed by atoms with Crippen molar-refractivity contribution in [2.75, 3.05) is 6.54 Å². The first-order valence-electron chi connectivity index (χ1n) is 7.90. The van der Waals surface area contributed by atoms with E-state index in [1.54, 1.807) is 0 Å². The molecule has 0 aliphatic heterocycles. The van der Waals surface area contributed by atoms with Crippen molar-refractivity contribution < 1.29 is 0 Å². The van der Waals surface area contributed by atoms with Crippen molar-refractivity contribution in [3.63, 3.8) is 0 Å². The maximum atomic E-state index is 3.60. The van der Waals surface area contributed by atoms with E-state index >= 15 is 0 Å². The SMILES string of the molecule is CCCCCC(CNC(C)C)Cc1ccc(C)cc1.